The second kappa shape index (κ2) is 5.53. The van der Waals surface area contributed by atoms with Gasteiger partial charge < -0.3 is 4.90 Å². The van der Waals surface area contributed by atoms with Crippen LogP contribution in [0.25, 0.3) is 0 Å². The van der Waals surface area contributed by atoms with Crippen LogP contribution in [0.3, 0.4) is 0 Å². The number of rotatable bonds is 4. The molecule has 0 amide bonds. The molecule has 21 heavy (non-hydrogen) atoms. The fourth-order valence-electron chi connectivity index (χ4n) is 2.82. The fraction of sp³-hybridized carbons (Fsp3) is 0.714. The van der Waals surface area contributed by atoms with E-state index in [0.717, 1.165) is 49.3 Å². The lowest BCUT2D eigenvalue weighted by molar-refractivity contribution is 0.463. The van der Waals surface area contributed by atoms with E-state index in [-0.39, 0.29) is 11.3 Å². The molecule has 1 atom stereocenters. The van der Waals surface area contributed by atoms with E-state index in [1.807, 2.05) is 13.8 Å². The number of nitrogens with zero attached hydrogens (tertiary/aromatic N) is 3. The molecule has 2 fully saturated rings. The number of aryl methyl sites for hydroxylation is 1. The summed E-state index contributed by atoms with van der Waals surface area (Å²) in [4.78, 5) is 10.7. The minimum atomic E-state index is -3.12. The third-order valence-corrected chi connectivity index (χ3v) is 6.34. The molecule has 116 valence electrons. The van der Waals surface area contributed by atoms with Gasteiger partial charge in [-0.05, 0) is 39.5 Å². The van der Waals surface area contributed by atoms with Crippen molar-refractivity contribution >= 4 is 15.8 Å². The van der Waals surface area contributed by atoms with Crippen LogP contribution in [0.15, 0.2) is 6.33 Å². The van der Waals surface area contributed by atoms with Crippen LogP contribution in [0, 0.1) is 13.8 Å². The standard InChI is InChI=1S/C14H22N4O2S/c1-10-11(2)15-9-16-14(10)18-7-3-4-12(8-18)17-21(19,20)13-5-6-13/h9,12-13,17H,3-8H2,1-2H3. The van der Waals surface area contributed by atoms with Crippen LogP contribution in [-0.4, -0.2) is 42.8 Å². The number of nitrogens with one attached hydrogen (secondary N) is 1. The predicted molar refractivity (Wildman–Crippen MR) is 81.8 cm³/mol. The average Bonchev–Trinajstić information content (AvgIpc) is 3.26. The Balaban J connectivity index is 1.72. The summed E-state index contributed by atoms with van der Waals surface area (Å²) in [5.41, 5.74) is 2.05. The van der Waals surface area contributed by atoms with Crippen molar-refractivity contribution in [2.24, 2.45) is 0 Å². The second-order valence-corrected chi connectivity index (χ2v) is 8.05. The minimum absolute atomic E-state index is 0.0148. The highest BCUT2D eigenvalue weighted by Crippen LogP contribution is 2.29. The van der Waals surface area contributed by atoms with E-state index in [1.54, 1.807) is 6.33 Å². The molecule has 6 nitrogen and oxygen atoms in total. The highest BCUT2D eigenvalue weighted by molar-refractivity contribution is 7.90. The maximum atomic E-state index is 12.1. The van der Waals surface area contributed by atoms with E-state index in [9.17, 15) is 8.42 Å². The Morgan fingerprint density at radius 1 is 1.24 bits per heavy atom. The van der Waals surface area contributed by atoms with Crippen LogP contribution in [0.4, 0.5) is 5.82 Å². The minimum Gasteiger partial charge on any atom is -0.355 e. The molecular formula is C14H22N4O2S. The highest BCUT2D eigenvalue weighted by Gasteiger charge is 2.37. The van der Waals surface area contributed by atoms with Crippen molar-refractivity contribution in [2.75, 3.05) is 18.0 Å². The van der Waals surface area contributed by atoms with Gasteiger partial charge in [0.05, 0.1) is 5.25 Å². The first-order valence-corrected chi connectivity index (χ1v) is 9.06. The van der Waals surface area contributed by atoms with Gasteiger partial charge in [-0.1, -0.05) is 0 Å². The molecule has 2 aliphatic rings. The zero-order valence-electron chi connectivity index (χ0n) is 12.5. The first-order chi connectivity index (χ1) is 9.97. The van der Waals surface area contributed by atoms with Crippen LogP contribution in [0.2, 0.25) is 0 Å². The van der Waals surface area contributed by atoms with Crippen LogP contribution in [0.1, 0.15) is 36.9 Å². The highest BCUT2D eigenvalue weighted by atomic mass is 32.2. The Labute approximate surface area is 126 Å². The third-order valence-electron chi connectivity index (χ3n) is 4.32. The molecule has 1 unspecified atom stereocenters. The Bertz CT molecular complexity index is 628. The summed E-state index contributed by atoms with van der Waals surface area (Å²) in [6, 6.07) is -0.0148. The van der Waals surface area contributed by atoms with Gasteiger partial charge in [0.15, 0.2) is 0 Å². The number of hydrogen-bond donors (Lipinski definition) is 1. The summed E-state index contributed by atoms with van der Waals surface area (Å²) < 4.78 is 27.0. The monoisotopic (exact) mass is 310 g/mol. The number of piperidine rings is 1. The SMILES string of the molecule is Cc1ncnc(N2CCCC(NS(=O)(=O)C3CC3)C2)c1C. The van der Waals surface area contributed by atoms with Crippen molar-refractivity contribution in [3.8, 4) is 0 Å². The van der Waals surface area contributed by atoms with Gasteiger partial charge in [0.1, 0.15) is 12.1 Å². The van der Waals surface area contributed by atoms with Crippen molar-refractivity contribution in [1.82, 2.24) is 14.7 Å². The maximum absolute atomic E-state index is 12.1. The van der Waals surface area contributed by atoms with Gasteiger partial charge in [0.2, 0.25) is 10.0 Å². The zero-order chi connectivity index (χ0) is 15.0. The Morgan fingerprint density at radius 2 is 2.00 bits per heavy atom. The van der Waals surface area contributed by atoms with Crippen molar-refractivity contribution in [2.45, 2.75) is 50.8 Å². The van der Waals surface area contributed by atoms with Gasteiger partial charge in [0.25, 0.3) is 0 Å². The molecule has 1 aliphatic carbocycles. The van der Waals surface area contributed by atoms with Crippen LogP contribution in [0.5, 0.6) is 0 Å². The average molecular weight is 310 g/mol. The smallest absolute Gasteiger partial charge is 0.214 e. The molecule has 1 aromatic rings. The molecule has 1 aliphatic heterocycles. The normalized spacial score (nSPS) is 23.3. The van der Waals surface area contributed by atoms with Gasteiger partial charge in [-0.2, -0.15) is 0 Å². The molecule has 0 aromatic carbocycles. The zero-order valence-corrected chi connectivity index (χ0v) is 13.4. The molecule has 0 bridgehead atoms. The molecule has 1 saturated carbocycles. The summed E-state index contributed by atoms with van der Waals surface area (Å²) in [5.74, 6) is 0.929. The topological polar surface area (TPSA) is 75.2 Å². The summed E-state index contributed by atoms with van der Waals surface area (Å²) in [6.07, 6.45) is 5.05. The van der Waals surface area contributed by atoms with Crippen molar-refractivity contribution in [3.05, 3.63) is 17.6 Å². The van der Waals surface area contributed by atoms with Gasteiger partial charge in [-0.3, -0.25) is 0 Å². The molecule has 7 heteroatoms. The molecule has 0 radical (unpaired) electrons. The second-order valence-electron chi connectivity index (χ2n) is 6.06. The van der Waals surface area contributed by atoms with Crippen molar-refractivity contribution < 1.29 is 8.42 Å². The van der Waals surface area contributed by atoms with Gasteiger partial charge in [-0.15, -0.1) is 0 Å². The van der Waals surface area contributed by atoms with Gasteiger partial charge >= 0.3 is 0 Å². The number of hydrogen-bond acceptors (Lipinski definition) is 5. The first-order valence-electron chi connectivity index (χ1n) is 7.51. The molecule has 1 saturated heterocycles. The van der Waals surface area contributed by atoms with E-state index in [4.69, 9.17) is 0 Å². The lowest BCUT2D eigenvalue weighted by Gasteiger charge is -2.34. The summed E-state index contributed by atoms with van der Waals surface area (Å²) >= 11 is 0. The lowest BCUT2D eigenvalue weighted by atomic mass is 10.1. The van der Waals surface area contributed by atoms with Crippen LogP contribution >= 0.6 is 0 Å². The van der Waals surface area contributed by atoms with Gasteiger partial charge in [0, 0.05) is 30.4 Å². The van der Waals surface area contributed by atoms with Crippen molar-refractivity contribution in [3.63, 3.8) is 0 Å². The first kappa shape index (κ1) is 14.7. The molecule has 2 heterocycles. The van der Waals surface area contributed by atoms with Gasteiger partial charge in [-0.25, -0.2) is 23.1 Å². The Morgan fingerprint density at radius 3 is 2.71 bits per heavy atom. The lowest BCUT2D eigenvalue weighted by Crippen LogP contribution is -2.49. The Hall–Kier alpha value is -1.21. The maximum Gasteiger partial charge on any atom is 0.214 e. The molecule has 1 aromatic heterocycles. The van der Waals surface area contributed by atoms with E-state index in [1.165, 1.54) is 0 Å². The van der Waals surface area contributed by atoms with E-state index in [2.05, 4.69) is 19.6 Å². The largest absolute Gasteiger partial charge is 0.355 e. The molecule has 3 rings (SSSR count). The van der Waals surface area contributed by atoms with Crippen LogP contribution < -0.4 is 9.62 Å². The summed E-state index contributed by atoms with van der Waals surface area (Å²) in [7, 11) is -3.12. The molecular weight excluding hydrogens is 288 g/mol. The summed E-state index contributed by atoms with van der Waals surface area (Å²) in [6.45, 7) is 5.59. The number of anilines is 1. The van der Waals surface area contributed by atoms with E-state index < -0.39 is 10.0 Å². The van der Waals surface area contributed by atoms with E-state index in [0.29, 0.717) is 6.54 Å². The summed E-state index contributed by atoms with van der Waals surface area (Å²) in [5, 5.41) is -0.157. The van der Waals surface area contributed by atoms with E-state index >= 15 is 0 Å². The fourth-order valence-corrected chi connectivity index (χ4v) is 4.42. The van der Waals surface area contributed by atoms with Crippen molar-refractivity contribution in [1.29, 1.82) is 0 Å². The number of sulfonamides is 1. The predicted octanol–water partition coefficient (Wildman–Crippen LogP) is 1.14. The quantitative estimate of drug-likeness (QED) is 0.903. The third kappa shape index (κ3) is 3.18. The number of aromatic nitrogens is 2. The molecule has 1 N–H and O–H groups in total. The van der Waals surface area contributed by atoms with Crippen LogP contribution in [-0.2, 0) is 10.0 Å². The molecule has 0 spiro atoms. The Kier molecular flexibility index (Phi) is 3.88.